The van der Waals surface area contributed by atoms with Crippen molar-refractivity contribution in [3.8, 4) is 0 Å². The molecule has 4 rings (SSSR count). The highest BCUT2D eigenvalue weighted by Crippen LogP contribution is 2.23. The number of pyridine rings is 1. The zero-order chi connectivity index (χ0) is 37.2. The lowest BCUT2D eigenvalue weighted by Gasteiger charge is -2.38. The maximum Gasteiger partial charge on any atom is 0.410 e. The average molecular weight is 697 g/mol. The van der Waals surface area contributed by atoms with Gasteiger partial charge in [-0.15, -0.1) is 0 Å². The van der Waals surface area contributed by atoms with Gasteiger partial charge in [-0.2, -0.15) is 0 Å². The molecule has 14 heteroatoms. The Morgan fingerprint density at radius 3 is 2.50 bits per heavy atom. The summed E-state index contributed by atoms with van der Waals surface area (Å²) in [5.41, 5.74) is 9.04. The van der Waals surface area contributed by atoms with Crippen molar-refractivity contribution >= 4 is 47.1 Å². The van der Waals surface area contributed by atoms with Crippen LogP contribution in [0.25, 0.3) is 17.0 Å². The van der Waals surface area contributed by atoms with Crippen LogP contribution in [-0.2, 0) is 35.1 Å². The summed E-state index contributed by atoms with van der Waals surface area (Å²) in [6, 6.07) is 8.67. The quantitative estimate of drug-likeness (QED) is 0.283. The number of aldehydes is 1. The highest BCUT2D eigenvalue weighted by Gasteiger charge is 2.38. The van der Waals surface area contributed by atoms with E-state index in [0.717, 1.165) is 34.9 Å². The minimum absolute atomic E-state index is 0.119. The fraction of sp³-hybridized carbons (Fsp3) is 0.556. The Bertz CT molecular complexity index is 1560. The van der Waals surface area contributed by atoms with Gasteiger partial charge in [-0.05, 0) is 76.6 Å². The summed E-state index contributed by atoms with van der Waals surface area (Å²) >= 11 is 0. The number of amides is 4. The van der Waals surface area contributed by atoms with E-state index < -0.39 is 47.3 Å². The van der Waals surface area contributed by atoms with Gasteiger partial charge in [-0.25, -0.2) is 10.2 Å². The number of hydrazine groups is 1. The van der Waals surface area contributed by atoms with Crippen LogP contribution in [0.4, 0.5) is 4.79 Å². The van der Waals surface area contributed by atoms with Crippen molar-refractivity contribution in [2.75, 3.05) is 26.2 Å². The monoisotopic (exact) mass is 696 g/mol. The van der Waals surface area contributed by atoms with Gasteiger partial charge in [0.2, 0.25) is 11.8 Å². The van der Waals surface area contributed by atoms with E-state index >= 15 is 0 Å². The number of hydrogen-bond acceptors (Lipinski definition) is 10. The number of nitrogens with one attached hydrogen (secondary N) is 2. The van der Waals surface area contributed by atoms with Gasteiger partial charge < -0.3 is 30.5 Å². The van der Waals surface area contributed by atoms with Crippen LogP contribution in [0.1, 0.15) is 72.6 Å². The first-order valence-corrected chi connectivity index (χ1v) is 17.0. The molecule has 50 heavy (non-hydrogen) atoms. The van der Waals surface area contributed by atoms with Crippen LogP contribution >= 0.6 is 0 Å². The third-order valence-electron chi connectivity index (χ3n) is 8.14. The fourth-order valence-electron chi connectivity index (χ4n) is 5.22. The maximum atomic E-state index is 12.4. The number of carbonyl (C=O) groups is 5. The molecule has 14 nitrogen and oxygen atoms in total. The third kappa shape index (κ3) is 11.3. The molecule has 0 aliphatic carbocycles. The lowest BCUT2D eigenvalue weighted by atomic mass is 10.0. The molecule has 2 fully saturated rings. The van der Waals surface area contributed by atoms with Gasteiger partial charge in [0.25, 0.3) is 5.91 Å². The third-order valence-corrected chi connectivity index (χ3v) is 8.14. The molecule has 0 spiro atoms. The van der Waals surface area contributed by atoms with Gasteiger partial charge in [-0.3, -0.25) is 29.2 Å². The summed E-state index contributed by atoms with van der Waals surface area (Å²) in [6.45, 7) is 13.7. The number of nitrogens with two attached hydrogens (primary N) is 1. The van der Waals surface area contributed by atoms with E-state index in [1.807, 2.05) is 51.1 Å². The van der Waals surface area contributed by atoms with E-state index in [1.165, 1.54) is 16.8 Å². The summed E-state index contributed by atoms with van der Waals surface area (Å²) in [5, 5.41) is 14.5. The first-order chi connectivity index (χ1) is 23.5. The summed E-state index contributed by atoms with van der Waals surface area (Å²) in [5.74, 6) is -1.71. The number of nitrogens with zero attached hydrogens (tertiary/aromatic N) is 3. The molecular weight excluding hydrogens is 644 g/mol. The standard InChI is InChI=1S/C23H28N2O4.C13H24N4O4/c1-5-19-9-8-18-7-6-17(14-20(18)24-19)10-11-23(16-26)15-25(12-13-28-23)21(27)29-22(2,3)4;1-7(2)10(18)12(20)15-8(3)13(21)17-6-4-5-9(16-17)11(14)19/h6-11,14,16H,5,12-13,15H2,1-4H3;7-10,16,18H,4-6H2,1-3H3,(H2,14,19)(H,15,20)/b11-10+;. The predicted octanol–water partition coefficient (Wildman–Crippen LogP) is 2.50. The molecular formula is C36H52N6O8. The van der Waals surface area contributed by atoms with Crippen molar-refractivity contribution in [2.24, 2.45) is 11.7 Å². The zero-order valence-corrected chi connectivity index (χ0v) is 30.1. The zero-order valence-electron chi connectivity index (χ0n) is 30.1. The van der Waals surface area contributed by atoms with Crippen LogP contribution in [0.15, 0.2) is 36.4 Å². The van der Waals surface area contributed by atoms with Crippen LogP contribution in [0, 0.1) is 5.92 Å². The lowest BCUT2D eigenvalue weighted by molar-refractivity contribution is -0.144. The van der Waals surface area contributed by atoms with Gasteiger partial charge in [0.1, 0.15) is 23.8 Å². The van der Waals surface area contributed by atoms with E-state index in [-0.39, 0.29) is 25.0 Å². The number of primary amides is 1. The molecule has 5 N–H and O–H groups in total. The van der Waals surface area contributed by atoms with Crippen LogP contribution in [0.3, 0.4) is 0 Å². The minimum Gasteiger partial charge on any atom is -0.444 e. The molecule has 4 unspecified atom stereocenters. The SMILES string of the molecule is CC(NC(=O)C(O)C(C)C)C(=O)N1CCCC(C(N)=O)N1.CCc1ccc2ccc(/C=C/C3(C=O)CN(C(=O)OC(C)(C)C)CCO3)cc2n1. The summed E-state index contributed by atoms with van der Waals surface area (Å²) in [4.78, 5) is 65.5. The first-order valence-electron chi connectivity index (χ1n) is 17.0. The molecule has 2 saturated heterocycles. The number of rotatable bonds is 9. The number of fused-ring (bicyclic) bond motifs is 1. The van der Waals surface area contributed by atoms with Crippen LogP contribution < -0.4 is 16.5 Å². The predicted molar refractivity (Wildman–Crippen MR) is 188 cm³/mol. The van der Waals surface area contributed by atoms with Gasteiger partial charge in [0.15, 0.2) is 11.9 Å². The number of aryl methyl sites for hydroxylation is 1. The van der Waals surface area contributed by atoms with E-state index in [1.54, 1.807) is 19.9 Å². The molecule has 274 valence electrons. The van der Waals surface area contributed by atoms with Gasteiger partial charge in [0, 0.05) is 24.2 Å². The summed E-state index contributed by atoms with van der Waals surface area (Å²) < 4.78 is 11.2. The molecule has 1 aromatic carbocycles. The topological polar surface area (TPSA) is 193 Å². The van der Waals surface area contributed by atoms with Crippen molar-refractivity contribution in [1.29, 1.82) is 0 Å². The molecule has 2 aromatic rings. The molecule has 0 saturated carbocycles. The highest BCUT2D eigenvalue weighted by atomic mass is 16.6. The molecule has 0 bridgehead atoms. The second-order valence-electron chi connectivity index (χ2n) is 13.9. The van der Waals surface area contributed by atoms with E-state index in [9.17, 15) is 29.1 Å². The molecule has 2 aliphatic heterocycles. The number of hydrogen-bond donors (Lipinski definition) is 4. The Morgan fingerprint density at radius 1 is 1.18 bits per heavy atom. The fourth-order valence-corrected chi connectivity index (χ4v) is 5.22. The Morgan fingerprint density at radius 2 is 1.88 bits per heavy atom. The number of aliphatic hydroxyl groups excluding tert-OH is 1. The maximum absolute atomic E-state index is 12.4. The first kappa shape index (κ1) is 40.0. The summed E-state index contributed by atoms with van der Waals surface area (Å²) in [6.07, 6.45) is 4.80. The number of ether oxygens (including phenoxy) is 2. The minimum atomic E-state index is -1.19. The van der Waals surface area contributed by atoms with Crippen LogP contribution in [0.2, 0.25) is 0 Å². The molecule has 0 radical (unpaired) electrons. The Balaban J connectivity index is 0.000000286. The molecule has 4 atom stereocenters. The van der Waals surface area contributed by atoms with Crippen molar-refractivity contribution in [3.63, 3.8) is 0 Å². The average Bonchev–Trinajstić information content (AvgIpc) is 3.09. The largest absolute Gasteiger partial charge is 0.444 e. The lowest BCUT2D eigenvalue weighted by Crippen LogP contribution is -2.60. The Labute approximate surface area is 293 Å². The Hall–Kier alpha value is -4.40. The number of carbonyl (C=O) groups excluding carboxylic acids is 5. The van der Waals surface area contributed by atoms with Crippen LogP contribution in [-0.4, -0.2) is 106 Å². The second kappa shape index (κ2) is 17.5. The van der Waals surface area contributed by atoms with Crippen molar-refractivity contribution < 1.29 is 38.6 Å². The summed E-state index contributed by atoms with van der Waals surface area (Å²) in [7, 11) is 0. The van der Waals surface area contributed by atoms with Crippen molar-refractivity contribution in [1.82, 2.24) is 25.6 Å². The van der Waals surface area contributed by atoms with Gasteiger partial charge in [0.05, 0.1) is 18.7 Å². The normalized spacial score (nSPS) is 20.9. The van der Waals surface area contributed by atoms with Gasteiger partial charge >= 0.3 is 6.09 Å². The van der Waals surface area contributed by atoms with Crippen molar-refractivity contribution in [2.45, 2.75) is 97.1 Å². The second-order valence-corrected chi connectivity index (χ2v) is 13.9. The van der Waals surface area contributed by atoms with E-state index in [2.05, 4.69) is 28.7 Å². The smallest absolute Gasteiger partial charge is 0.410 e. The van der Waals surface area contributed by atoms with E-state index in [0.29, 0.717) is 25.9 Å². The van der Waals surface area contributed by atoms with Crippen molar-refractivity contribution in [3.05, 3.63) is 47.7 Å². The molecule has 4 amide bonds. The molecule has 1 aromatic heterocycles. The molecule has 3 heterocycles. The highest BCUT2D eigenvalue weighted by molar-refractivity contribution is 5.89. The number of aliphatic hydroxyl groups is 1. The van der Waals surface area contributed by atoms with E-state index in [4.69, 9.17) is 15.2 Å². The van der Waals surface area contributed by atoms with Gasteiger partial charge in [-0.1, -0.05) is 45.0 Å². The number of aromatic nitrogens is 1. The van der Waals surface area contributed by atoms with Crippen LogP contribution in [0.5, 0.6) is 0 Å². The number of morpholine rings is 1. The number of benzene rings is 1. The Kier molecular flexibility index (Phi) is 14.0. The molecule has 2 aliphatic rings.